The predicted molar refractivity (Wildman–Crippen MR) is 93.4 cm³/mol. The number of carboxylic acids is 1. The number of nitrogens with zero attached hydrogens (tertiary/aromatic N) is 1. The van der Waals surface area contributed by atoms with Crippen molar-refractivity contribution in [2.24, 2.45) is 0 Å². The molecular weight excluding hydrogens is 342 g/mol. The number of hydrogen-bond donors (Lipinski definition) is 1. The van der Waals surface area contributed by atoms with Crippen molar-refractivity contribution in [2.75, 3.05) is 7.11 Å². The molecule has 0 fully saturated rings. The van der Waals surface area contributed by atoms with E-state index in [1.165, 1.54) is 25.1 Å². The van der Waals surface area contributed by atoms with E-state index in [1.807, 2.05) is 24.3 Å². The standard InChI is InChI=1S/C10H12O3.C8H7NO4/c1-13-9-5-3-2-4-8(9)6-7-10(11)12;1-6(10)13-8-5-3-2-4-7(8)9(11)12/h2-5H,6-7H2,1H3,(H,11,12);2-5H,1H3. The highest BCUT2D eigenvalue weighted by Crippen LogP contribution is 2.25. The number of hydrogen-bond acceptors (Lipinski definition) is 6. The van der Waals surface area contributed by atoms with E-state index in [0.29, 0.717) is 6.42 Å². The number of esters is 1. The number of carbonyl (C=O) groups is 2. The Bertz CT molecular complexity index is 774. The van der Waals surface area contributed by atoms with Crippen LogP contribution in [0, 0.1) is 10.1 Å². The van der Waals surface area contributed by atoms with E-state index in [9.17, 15) is 19.7 Å². The maximum absolute atomic E-state index is 10.5. The van der Waals surface area contributed by atoms with Crippen molar-refractivity contribution in [3.8, 4) is 11.5 Å². The third kappa shape index (κ3) is 7.00. The largest absolute Gasteiger partial charge is 0.496 e. The fourth-order valence-corrected chi connectivity index (χ4v) is 2.00. The summed E-state index contributed by atoms with van der Waals surface area (Å²) >= 11 is 0. The van der Waals surface area contributed by atoms with Crippen LogP contribution in [0.15, 0.2) is 48.5 Å². The topological polar surface area (TPSA) is 116 Å². The highest BCUT2D eigenvalue weighted by atomic mass is 16.6. The number of carboxylic acid groups (broad SMARTS) is 1. The quantitative estimate of drug-likeness (QED) is 0.363. The number of methoxy groups -OCH3 is 1. The van der Waals surface area contributed by atoms with Gasteiger partial charge < -0.3 is 14.6 Å². The van der Waals surface area contributed by atoms with Crippen molar-refractivity contribution in [1.82, 2.24) is 0 Å². The average molecular weight is 361 g/mol. The lowest BCUT2D eigenvalue weighted by atomic mass is 10.1. The maximum atomic E-state index is 10.5. The Morgan fingerprint density at radius 1 is 1.08 bits per heavy atom. The van der Waals surface area contributed by atoms with Crippen LogP contribution in [0.3, 0.4) is 0 Å². The van der Waals surface area contributed by atoms with E-state index in [-0.39, 0.29) is 17.9 Å². The van der Waals surface area contributed by atoms with Gasteiger partial charge in [0.05, 0.1) is 12.0 Å². The number of carbonyl (C=O) groups excluding carboxylic acids is 1. The van der Waals surface area contributed by atoms with Gasteiger partial charge in [-0.2, -0.15) is 0 Å². The lowest BCUT2D eigenvalue weighted by Crippen LogP contribution is -2.03. The van der Waals surface area contributed by atoms with Crippen molar-refractivity contribution >= 4 is 17.6 Å². The lowest BCUT2D eigenvalue weighted by molar-refractivity contribution is -0.385. The highest BCUT2D eigenvalue weighted by Gasteiger charge is 2.14. The van der Waals surface area contributed by atoms with Gasteiger partial charge in [-0.15, -0.1) is 0 Å². The first kappa shape index (κ1) is 20.6. The first-order valence-electron chi connectivity index (χ1n) is 7.60. The molecule has 0 radical (unpaired) electrons. The van der Waals surface area contributed by atoms with Crippen LogP contribution in [0.4, 0.5) is 5.69 Å². The van der Waals surface area contributed by atoms with Crippen LogP contribution in [-0.2, 0) is 16.0 Å². The Kier molecular flexibility index (Phi) is 8.29. The van der Waals surface area contributed by atoms with Gasteiger partial charge >= 0.3 is 17.6 Å². The number of nitro benzene ring substituents is 1. The Labute approximate surface area is 150 Å². The van der Waals surface area contributed by atoms with Gasteiger partial charge in [-0.25, -0.2) is 0 Å². The summed E-state index contributed by atoms with van der Waals surface area (Å²) in [6, 6.07) is 13.2. The third-order valence-electron chi connectivity index (χ3n) is 3.12. The summed E-state index contributed by atoms with van der Waals surface area (Å²) in [5, 5.41) is 18.9. The second kappa shape index (κ2) is 10.4. The molecule has 0 aromatic heterocycles. The number of aryl methyl sites for hydroxylation is 1. The van der Waals surface area contributed by atoms with Gasteiger partial charge in [-0.1, -0.05) is 30.3 Å². The number of rotatable bonds is 6. The molecule has 138 valence electrons. The van der Waals surface area contributed by atoms with Crippen LogP contribution in [0.1, 0.15) is 18.9 Å². The lowest BCUT2D eigenvalue weighted by Gasteiger charge is -2.05. The predicted octanol–water partition coefficient (Wildman–Crippen LogP) is 3.23. The molecule has 0 amide bonds. The minimum atomic E-state index is -0.786. The number of aliphatic carboxylic acids is 1. The number of nitro groups is 1. The van der Waals surface area contributed by atoms with Crippen molar-refractivity contribution in [1.29, 1.82) is 0 Å². The zero-order valence-corrected chi connectivity index (χ0v) is 14.4. The number of ether oxygens (including phenoxy) is 2. The molecule has 0 unspecified atom stereocenters. The number of para-hydroxylation sites is 3. The van der Waals surface area contributed by atoms with Crippen LogP contribution in [0.2, 0.25) is 0 Å². The molecule has 1 N–H and O–H groups in total. The maximum Gasteiger partial charge on any atom is 0.311 e. The Morgan fingerprint density at radius 3 is 2.19 bits per heavy atom. The molecule has 0 saturated heterocycles. The van der Waals surface area contributed by atoms with E-state index >= 15 is 0 Å². The molecule has 0 heterocycles. The highest BCUT2D eigenvalue weighted by molar-refractivity contribution is 5.71. The minimum Gasteiger partial charge on any atom is -0.496 e. The van der Waals surface area contributed by atoms with E-state index in [1.54, 1.807) is 13.2 Å². The van der Waals surface area contributed by atoms with Gasteiger partial charge in [0, 0.05) is 19.4 Å². The van der Waals surface area contributed by atoms with Gasteiger partial charge in [-0.3, -0.25) is 19.7 Å². The van der Waals surface area contributed by atoms with Gasteiger partial charge in [-0.05, 0) is 24.1 Å². The average Bonchev–Trinajstić information content (AvgIpc) is 2.60. The first-order chi connectivity index (χ1) is 12.3. The molecule has 8 nitrogen and oxygen atoms in total. The fraction of sp³-hybridized carbons (Fsp3) is 0.222. The van der Waals surface area contributed by atoms with E-state index in [4.69, 9.17) is 9.84 Å². The van der Waals surface area contributed by atoms with Crippen molar-refractivity contribution in [3.63, 3.8) is 0 Å². The Morgan fingerprint density at radius 2 is 1.65 bits per heavy atom. The molecule has 0 aliphatic heterocycles. The Hall–Kier alpha value is -3.42. The summed E-state index contributed by atoms with van der Waals surface area (Å²) < 4.78 is 9.71. The van der Waals surface area contributed by atoms with Gasteiger partial charge in [0.1, 0.15) is 5.75 Å². The molecule has 2 aromatic carbocycles. The first-order valence-corrected chi connectivity index (χ1v) is 7.60. The van der Waals surface area contributed by atoms with Crippen molar-refractivity contribution in [2.45, 2.75) is 19.8 Å². The zero-order valence-electron chi connectivity index (χ0n) is 14.4. The van der Waals surface area contributed by atoms with Crippen LogP contribution >= 0.6 is 0 Å². The molecule has 0 atom stereocenters. The van der Waals surface area contributed by atoms with Crippen LogP contribution in [0.5, 0.6) is 11.5 Å². The molecule has 0 spiro atoms. The van der Waals surface area contributed by atoms with Crippen LogP contribution < -0.4 is 9.47 Å². The SMILES string of the molecule is CC(=O)Oc1ccccc1[N+](=O)[O-].COc1ccccc1CCC(=O)O. The summed E-state index contributed by atoms with van der Waals surface area (Å²) in [6.45, 7) is 1.19. The van der Waals surface area contributed by atoms with Crippen molar-refractivity contribution in [3.05, 3.63) is 64.2 Å². The van der Waals surface area contributed by atoms with Crippen LogP contribution in [0.25, 0.3) is 0 Å². The summed E-state index contributed by atoms with van der Waals surface area (Å²) in [5.41, 5.74) is 0.727. The molecule has 8 heteroatoms. The fourth-order valence-electron chi connectivity index (χ4n) is 2.00. The summed E-state index contributed by atoms with van der Waals surface area (Å²) in [5.74, 6) is -0.635. The third-order valence-corrected chi connectivity index (χ3v) is 3.12. The summed E-state index contributed by atoms with van der Waals surface area (Å²) in [6.07, 6.45) is 0.652. The molecule has 0 aliphatic carbocycles. The summed E-state index contributed by atoms with van der Waals surface area (Å²) in [4.78, 5) is 30.7. The van der Waals surface area contributed by atoms with Gasteiger partial charge in [0.15, 0.2) is 0 Å². The van der Waals surface area contributed by atoms with Gasteiger partial charge in [0.2, 0.25) is 5.75 Å². The summed E-state index contributed by atoms with van der Waals surface area (Å²) in [7, 11) is 1.58. The second-order valence-electron chi connectivity index (χ2n) is 5.02. The molecule has 2 rings (SSSR count). The molecule has 0 bridgehead atoms. The van der Waals surface area contributed by atoms with E-state index in [2.05, 4.69) is 4.74 Å². The Balaban J connectivity index is 0.000000260. The molecule has 26 heavy (non-hydrogen) atoms. The monoisotopic (exact) mass is 361 g/mol. The van der Waals surface area contributed by atoms with Crippen LogP contribution in [-0.4, -0.2) is 29.1 Å². The zero-order chi connectivity index (χ0) is 19.5. The van der Waals surface area contributed by atoms with E-state index < -0.39 is 16.9 Å². The molecular formula is C18H19NO7. The van der Waals surface area contributed by atoms with E-state index in [0.717, 1.165) is 11.3 Å². The minimum absolute atomic E-state index is 0.0278. The smallest absolute Gasteiger partial charge is 0.311 e. The number of benzene rings is 2. The molecule has 0 saturated carbocycles. The normalized spacial score (nSPS) is 9.46. The van der Waals surface area contributed by atoms with Crippen molar-refractivity contribution < 1.29 is 29.1 Å². The molecule has 0 aliphatic rings. The van der Waals surface area contributed by atoms with Gasteiger partial charge in [0.25, 0.3) is 0 Å². The second-order valence-corrected chi connectivity index (χ2v) is 5.02. The molecule has 2 aromatic rings.